The summed E-state index contributed by atoms with van der Waals surface area (Å²) in [6.07, 6.45) is 0.720. The third kappa shape index (κ3) is 3.41. The van der Waals surface area contributed by atoms with Gasteiger partial charge in [-0.15, -0.1) is 0 Å². The molecule has 0 fully saturated rings. The Morgan fingerprint density at radius 2 is 1.60 bits per heavy atom. The molecule has 1 atom stereocenters. The SMILES string of the molecule is c1ccc(CP2(Oc3ccccc3)=NP=NP=N2)cc1. The maximum absolute atomic E-state index is 6.15. The summed E-state index contributed by atoms with van der Waals surface area (Å²) in [5, 5.41) is 0. The Balaban J connectivity index is 1.92. The van der Waals surface area contributed by atoms with Crippen molar-refractivity contribution in [2.75, 3.05) is 0 Å². The molecule has 1 aliphatic heterocycles. The largest absolute Gasteiger partial charge is 0.441 e. The lowest BCUT2D eigenvalue weighted by molar-refractivity contribution is 0.603. The smallest absolute Gasteiger partial charge is 0.265 e. The first kappa shape index (κ1) is 13.6. The predicted octanol–water partition coefficient (Wildman–Crippen LogP) is 6.40. The van der Waals surface area contributed by atoms with Crippen molar-refractivity contribution in [3.8, 4) is 5.75 Å². The summed E-state index contributed by atoms with van der Waals surface area (Å²) in [6, 6.07) is 20.0. The standard InChI is InChI=1S/C13H12N3OP3/c1-3-7-12(8-4-1)11-20(15-18-14-19-16-20)17-13-9-5-2-6-10-13/h1-10H,11H2. The third-order valence-electron chi connectivity index (χ3n) is 2.67. The molecule has 0 aromatic heterocycles. The van der Waals surface area contributed by atoms with E-state index in [1.165, 1.54) is 5.56 Å². The second-order valence-electron chi connectivity index (χ2n) is 4.16. The van der Waals surface area contributed by atoms with Crippen LogP contribution < -0.4 is 4.52 Å². The molecule has 0 saturated carbocycles. The van der Waals surface area contributed by atoms with E-state index >= 15 is 0 Å². The summed E-state index contributed by atoms with van der Waals surface area (Å²) < 4.78 is 19.4. The van der Waals surface area contributed by atoms with Crippen LogP contribution in [0.15, 0.2) is 74.2 Å². The highest BCUT2D eigenvalue weighted by Crippen LogP contribution is 2.61. The molecule has 1 heterocycles. The molecule has 2 aromatic rings. The predicted molar refractivity (Wildman–Crippen MR) is 85.3 cm³/mol. The van der Waals surface area contributed by atoms with Gasteiger partial charge in [-0.05, 0) is 17.7 Å². The summed E-state index contributed by atoms with van der Waals surface area (Å²) in [7, 11) is -0.769. The van der Waals surface area contributed by atoms with E-state index < -0.39 is 7.43 Å². The van der Waals surface area contributed by atoms with Crippen LogP contribution in [0.1, 0.15) is 5.56 Å². The highest BCUT2D eigenvalue weighted by atomic mass is 31.2. The van der Waals surface area contributed by atoms with Gasteiger partial charge in [0.05, 0.1) is 6.16 Å². The quantitative estimate of drug-likeness (QED) is 0.601. The highest BCUT2D eigenvalue weighted by Gasteiger charge is 2.23. The van der Waals surface area contributed by atoms with Gasteiger partial charge in [-0.3, -0.25) is 0 Å². The number of hydrogen-bond acceptors (Lipinski definition) is 4. The number of nitrogens with zero attached hydrogens (tertiary/aromatic N) is 3. The van der Waals surface area contributed by atoms with Gasteiger partial charge in [0.1, 0.15) is 5.75 Å². The van der Waals surface area contributed by atoms with Crippen LogP contribution >= 0.6 is 24.5 Å². The second-order valence-corrected chi connectivity index (χ2v) is 8.49. The number of benzene rings is 2. The highest BCUT2D eigenvalue weighted by molar-refractivity contribution is 7.68. The topological polar surface area (TPSA) is 46.3 Å². The van der Waals surface area contributed by atoms with Crippen molar-refractivity contribution in [3.05, 3.63) is 66.2 Å². The fourth-order valence-corrected chi connectivity index (χ4v) is 6.35. The van der Waals surface area contributed by atoms with E-state index in [1.54, 1.807) is 0 Å². The van der Waals surface area contributed by atoms with E-state index in [4.69, 9.17) is 4.52 Å². The van der Waals surface area contributed by atoms with Gasteiger partial charge >= 0.3 is 0 Å². The molecule has 7 heteroatoms. The monoisotopic (exact) mass is 319 g/mol. The van der Waals surface area contributed by atoms with E-state index in [0.29, 0.717) is 17.0 Å². The van der Waals surface area contributed by atoms with E-state index in [2.05, 4.69) is 25.7 Å². The Bertz CT molecular complexity index is 641. The summed E-state index contributed by atoms with van der Waals surface area (Å²) >= 11 is 0. The minimum atomic E-state index is -2.20. The van der Waals surface area contributed by atoms with Gasteiger partial charge in [-0.2, -0.15) is 13.5 Å². The van der Waals surface area contributed by atoms with Gasteiger partial charge in [0, 0.05) is 0 Å². The number of para-hydroxylation sites is 1. The second kappa shape index (κ2) is 6.41. The molecule has 3 rings (SSSR count). The lowest BCUT2D eigenvalue weighted by Crippen LogP contribution is -1.94. The van der Waals surface area contributed by atoms with Crippen molar-refractivity contribution in [1.29, 1.82) is 0 Å². The Kier molecular flexibility index (Phi) is 4.38. The Labute approximate surface area is 121 Å². The van der Waals surface area contributed by atoms with E-state index in [0.717, 1.165) is 11.9 Å². The Morgan fingerprint density at radius 1 is 0.900 bits per heavy atom. The molecular weight excluding hydrogens is 307 g/mol. The molecule has 1 unspecified atom stereocenters. The first-order valence-electron chi connectivity index (χ1n) is 6.08. The summed E-state index contributed by atoms with van der Waals surface area (Å²) in [5.41, 5.74) is 1.19. The van der Waals surface area contributed by atoms with Crippen LogP contribution in [-0.4, -0.2) is 0 Å². The Morgan fingerprint density at radius 3 is 2.25 bits per heavy atom. The van der Waals surface area contributed by atoms with Crippen LogP contribution in [0.3, 0.4) is 0 Å². The average Bonchev–Trinajstić information content (AvgIpc) is 2.50. The average molecular weight is 319 g/mol. The molecule has 4 nitrogen and oxygen atoms in total. The fraction of sp³-hybridized carbons (Fsp3) is 0.0769. The van der Waals surface area contributed by atoms with Crippen molar-refractivity contribution in [2.24, 2.45) is 13.5 Å². The van der Waals surface area contributed by atoms with Gasteiger partial charge in [0.25, 0.3) is 7.43 Å². The van der Waals surface area contributed by atoms with Gasteiger partial charge < -0.3 is 4.52 Å². The van der Waals surface area contributed by atoms with Crippen molar-refractivity contribution in [3.63, 3.8) is 0 Å². The lowest BCUT2D eigenvalue weighted by atomic mass is 10.2. The third-order valence-corrected chi connectivity index (χ3v) is 7.46. The van der Waals surface area contributed by atoms with Crippen LogP contribution in [0.2, 0.25) is 0 Å². The van der Waals surface area contributed by atoms with Crippen molar-refractivity contribution < 1.29 is 4.52 Å². The first-order valence-corrected chi connectivity index (χ1v) is 9.48. The fourth-order valence-electron chi connectivity index (χ4n) is 1.80. The molecule has 0 amide bonds. The van der Waals surface area contributed by atoms with Crippen LogP contribution in [0.4, 0.5) is 0 Å². The van der Waals surface area contributed by atoms with Crippen LogP contribution in [-0.2, 0) is 6.16 Å². The minimum absolute atomic E-state index is 0.717. The van der Waals surface area contributed by atoms with E-state index in [9.17, 15) is 0 Å². The number of hydrogen-bond donors (Lipinski definition) is 0. The van der Waals surface area contributed by atoms with Gasteiger partial charge in [-0.25, -0.2) is 0 Å². The van der Waals surface area contributed by atoms with Gasteiger partial charge in [0.15, 0.2) is 17.0 Å². The molecule has 0 N–H and O–H groups in total. The molecule has 2 aromatic carbocycles. The molecule has 0 saturated heterocycles. The molecule has 1 aliphatic rings. The van der Waals surface area contributed by atoms with Crippen molar-refractivity contribution in [2.45, 2.75) is 6.16 Å². The normalized spacial score (nSPS) is 22.0. The van der Waals surface area contributed by atoms with Crippen molar-refractivity contribution in [1.82, 2.24) is 0 Å². The minimum Gasteiger partial charge on any atom is -0.441 e. The molecule has 0 radical (unpaired) electrons. The summed E-state index contributed by atoms with van der Waals surface area (Å²) in [6.45, 7) is 0. The molecule has 0 aliphatic carbocycles. The van der Waals surface area contributed by atoms with E-state index in [-0.39, 0.29) is 0 Å². The molecule has 100 valence electrons. The van der Waals surface area contributed by atoms with Gasteiger partial charge in [-0.1, -0.05) is 48.5 Å². The molecule has 0 spiro atoms. The maximum Gasteiger partial charge on any atom is 0.265 e. The number of rotatable bonds is 4. The van der Waals surface area contributed by atoms with Crippen LogP contribution in [0.25, 0.3) is 0 Å². The summed E-state index contributed by atoms with van der Waals surface area (Å²) in [4.78, 5) is 0. The Hall–Kier alpha value is -1.33. The van der Waals surface area contributed by atoms with Crippen LogP contribution in [0, 0.1) is 0 Å². The summed E-state index contributed by atoms with van der Waals surface area (Å²) in [5.74, 6) is 0.816. The maximum atomic E-state index is 6.15. The zero-order valence-corrected chi connectivity index (χ0v) is 13.3. The zero-order valence-electron chi connectivity index (χ0n) is 10.6. The molecule has 0 bridgehead atoms. The van der Waals surface area contributed by atoms with Gasteiger partial charge in [0.2, 0.25) is 0 Å². The first-order chi connectivity index (χ1) is 9.86. The van der Waals surface area contributed by atoms with Crippen molar-refractivity contribution >= 4 is 24.5 Å². The zero-order chi connectivity index (χ0) is 13.7. The van der Waals surface area contributed by atoms with E-state index in [1.807, 2.05) is 48.5 Å². The molecular formula is C13H12N3OP3. The molecule has 20 heavy (non-hydrogen) atoms. The van der Waals surface area contributed by atoms with Crippen LogP contribution in [0.5, 0.6) is 5.75 Å². The lowest BCUT2D eigenvalue weighted by Gasteiger charge is -2.20.